The summed E-state index contributed by atoms with van der Waals surface area (Å²) in [7, 11) is 0. The smallest absolute Gasteiger partial charge is 0.0316 e. The summed E-state index contributed by atoms with van der Waals surface area (Å²) in [6, 6.07) is 30.8. The highest BCUT2D eigenvalue weighted by molar-refractivity contribution is 5.46. The van der Waals surface area contributed by atoms with E-state index in [0.29, 0.717) is 0 Å². The molecule has 37 heavy (non-hydrogen) atoms. The Kier molecular flexibility index (Phi) is 9.06. The maximum Gasteiger partial charge on any atom is 0.0316 e. The zero-order valence-corrected chi connectivity index (χ0v) is 22.8. The van der Waals surface area contributed by atoms with Crippen LogP contribution in [0.4, 0.5) is 11.4 Å². The molecule has 2 heteroatoms. The lowest BCUT2D eigenvalue weighted by Gasteiger charge is -2.15. The van der Waals surface area contributed by atoms with Crippen LogP contribution < -0.4 is 11.5 Å². The molecule has 0 heterocycles. The van der Waals surface area contributed by atoms with Crippen molar-refractivity contribution in [3.8, 4) is 0 Å². The van der Waals surface area contributed by atoms with E-state index in [1.165, 1.54) is 63.8 Å². The maximum absolute atomic E-state index is 5.90. The van der Waals surface area contributed by atoms with Gasteiger partial charge < -0.3 is 11.5 Å². The highest BCUT2D eigenvalue weighted by Crippen LogP contribution is 2.22. The molecule has 0 amide bonds. The number of hydrogen-bond acceptors (Lipinski definition) is 2. The molecule has 4 rings (SSSR count). The number of nitrogen functional groups attached to an aromatic ring is 2. The van der Waals surface area contributed by atoms with Crippen molar-refractivity contribution >= 4 is 11.4 Å². The van der Waals surface area contributed by atoms with Crippen molar-refractivity contribution in [3.63, 3.8) is 0 Å². The minimum Gasteiger partial charge on any atom is -0.399 e. The first-order valence-electron chi connectivity index (χ1n) is 13.7. The summed E-state index contributed by atoms with van der Waals surface area (Å²) in [4.78, 5) is 0. The first-order valence-corrected chi connectivity index (χ1v) is 13.7. The zero-order valence-electron chi connectivity index (χ0n) is 22.8. The van der Waals surface area contributed by atoms with Crippen LogP contribution in [0.3, 0.4) is 0 Å². The van der Waals surface area contributed by atoms with E-state index >= 15 is 0 Å². The number of aryl methyl sites for hydroxylation is 4. The summed E-state index contributed by atoms with van der Waals surface area (Å²) in [6.07, 6.45) is 7.97. The van der Waals surface area contributed by atoms with Crippen LogP contribution in [0.1, 0.15) is 70.7 Å². The molecular weight excluding hydrogens is 448 g/mol. The average molecular weight is 491 g/mol. The normalized spacial score (nSPS) is 11.2. The molecule has 0 saturated carbocycles. The van der Waals surface area contributed by atoms with E-state index in [2.05, 4.69) is 93.6 Å². The SMILES string of the molecule is CCC(CCc1ccc(Cc2ccc(N)cc2C)cc1)CCc1ccc(Cc2ccc(N)cc2C)cc1. The van der Waals surface area contributed by atoms with Gasteiger partial charge in [0.2, 0.25) is 0 Å². The van der Waals surface area contributed by atoms with Gasteiger partial charge in [0, 0.05) is 11.4 Å². The Labute approximate surface area is 223 Å². The lowest BCUT2D eigenvalue weighted by Crippen LogP contribution is -2.03. The van der Waals surface area contributed by atoms with E-state index in [9.17, 15) is 0 Å². The Hall–Kier alpha value is -3.52. The molecule has 0 atom stereocenters. The minimum absolute atomic E-state index is 0.759. The van der Waals surface area contributed by atoms with Gasteiger partial charge in [0.15, 0.2) is 0 Å². The summed E-state index contributed by atoms with van der Waals surface area (Å²) in [5.41, 5.74) is 24.3. The van der Waals surface area contributed by atoms with Crippen molar-refractivity contribution in [1.82, 2.24) is 0 Å². The van der Waals surface area contributed by atoms with E-state index in [-0.39, 0.29) is 0 Å². The van der Waals surface area contributed by atoms with Crippen LogP contribution in [-0.4, -0.2) is 0 Å². The summed E-state index contributed by atoms with van der Waals surface area (Å²) in [5.74, 6) is 0.759. The first-order chi connectivity index (χ1) is 17.9. The van der Waals surface area contributed by atoms with Crippen LogP contribution in [0.5, 0.6) is 0 Å². The van der Waals surface area contributed by atoms with Crippen molar-refractivity contribution in [2.45, 2.75) is 65.7 Å². The Morgan fingerprint density at radius 3 is 1.27 bits per heavy atom. The molecule has 0 unspecified atom stereocenters. The molecule has 0 bridgehead atoms. The van der Waals surface area contributed by atoms with Crippen molar-refractivity contribution in [1.29, 1.82) is 0 Å². The van der Waals surface area contributed by atoms with Gasteiger partial charge in [-0.05, 0) is 127 Å². The Balaban J connectivity index is 1.24. The molecule has 0 radical (unpaired) electrons. The number of benzene rings is 4. The second-order valence-electron chi connectivity index (χ2n) is 10.7. The van der Waals surface area contributed by atoms with E-state index in [1.807, 2.05) is 12.1 Å². The van der Waals surface area contributed by atoms with Crippen LogP contribution in [-0.2, 0) is 25.7 Å². The van der Waals surface area contributed by atoms with E-state index < -0.39 is 0 Å². The monoisotopic (exact) mass is 490 g/mol. The van der Waals surface area contributed by atoms with Gasteiger partial charge in [0.1, 0.15) is 0 Å². The maximum atomic E-state index is 5.90. The molecular formula is C35H42N2. The molecule has 192 valence electrons. The summed E-state index contributed by atoms with van der Waals surface area (Å²) in [5, 5.41) is 0. The summed E-state index contributed by atoms with van der Waals surface area (Å²) in [6.45, 7) is 6.62. The van der Waals surface area contributed by atoms with Crippen molar-refractivity contribution in [3.05, 3.63) is 129 Å². The van der Waals surface area contributed by atoms with Gasteiger partial charge in [0.25, 0.3) is 0 Å². The molecule has 0 spiro atoms. The molecule has 2 nitrogen and oxygen atoms in total. The van der Waals surface area contributed by atoms with Gasteiger partial charge in [-0.2, -0.15) is 0 Å². The number of hydrogen-bond donors (Lipinski definition) is 2. The van der Waals surface area contributed by atoms with E-state index in [1.54, 1.807) is 0 Å². The molecule has 0 aliphatic carbocycles. The third-order valence-electron chi connectivity index (χ3n) is 7.83. The second-order valence-corrected chi connectivity index (χ2v) is 10.7. The van der Waals surface area contributed by atoms with Crippen LogP contribution in [0.15, 0.2) is 84.9 Å². The quantitative estimate of drug-likeness (QED) is 0.208. The number of nitrogens with two attached hydrogens (primary N) is 2. The van der Waals surface area contributed by atoms with Gasteiger partial charge in [-0.1, -0.05) is 74.0 Å². The van der Waals surface area contributed by atoms with Gasteiger partial charge in [-0.25, -0.2) is 0 Å². The topological polar surface area (TPSA) is 52.0 Å². The molecule has 4 N–H and O–H groups in total. The fraction of sp³-hybridized carbons (Fsp3) is 0.314. The predicted molar refractivity (Wildman–Crippen MR) is 160 cm³/mol. The Morgan fingerprint density at radius 2 is 0.919 bits per heavy atom. The van der Waals surface area contributed by atoms with Crippen LogP contribution in [0.25, 0.3) is 0 Å². The highest BCUT2D eigenvalue weighted by Gasteiger charge is 2.09. The van der Waals surface area contributed by atoms with Crippen LogP contribution >= 0.6 is 0 Å². The second kappa shape index (κ2) is 12.6. The van der Waals surface area contributed by atoms with Crippen LogP contribution in [0.2, 0.25) is 0 Å². The average Bonchev–Trinajstić information content (AvgIpc) is 2.89. The fourth-order valence-corrected chi connectivity index (χ4v) is 5.22. The van der Waals surface area contributed by atoms with Gasteiger partial charge >= 0.3 is 0 Å². The number of anilines is 2. The third kappa shape index (κ3) is 7.73. The van der Waals surface area contributed by atoms with Gasteiger partial charge in [0.05, 0.1) is 0 Å². The molecule has 0 saturated heterocycles. The molecule has 0 aliphatic rings. The van der Waals surface area contributed by atoms with E-state index in [4.69, 9.17) is 11.5 Å². The van der Waals surface area contributed by atoms with Crippen molar-refractivity contribution in [2.24, 2.45) is 5.92 Å². The molecule has 4 aromatic carbocycles. The Bertz CT molecular complexity index is 1190. The first kappa shape index (κ1) is 26.5. The van der Waals surface area contributed by atoms with Gasteiger partial charge in [-0.15, -0.1) is 0 Å². The van der Waals surface area contributed by atoms with Crippen molar-refractivity contribution < 1.29 is 0 Å². The largest absolute Gasteiger partial charge is 0.399 e. The molecule has 0 aromatic heterocycles. The predicted octanol–water partition coefficient (Wildman–Crippen LogP) is 8.24. The fourth-order valence-electron chi connectivity index (χ4n) is 5.22. The van der Waals surface area contributed by atoms with Crippen LogP contribution in [0, 0.1) is 19.8 Å². The highest BCUT2D eigenvalue weighted by atomic mass is 14.5. The molecule has 0 aliphatic heterocycles. The minimum atomic E-state index is 0.759. The summed E-state index contributed by atoms with van der Waals surface area (Å²) < 4.78 is 0. The number of rotatable bonds is 11. The summed E-state index contributed by atoms with van der Waals surface area (Å²) >= 11 is 0. The molecule has 0 fully saturated rings. The Morgan fingerprint density at radius 1 is 0.541 bits per heavy atom. The standard InChI is InChI=1S/C35H42N2/c1-4-27(5-7-28-9-13-30(14-10-28)23-32-17-19-34(36)21-25(32)2)6-8-29-11-15-31(16-12-29)24-33-18-20-35(37)22-26(33)3/h9-22,27H,4-8,23-24,36-37H2,1-3H3. The zero-order chi connectivity index (χ0) is 26.2. The molecule has 4 aromatic rings. The van der Waals surface area contributed by atoms with Crippen molar-refractivity contribution in [2.75, 3.05) is 11.5 Å². The van der Waals surface area contributed by atoms with Gasteiger partial charge in [-0.3, -0.25) is 0 Å². The van der Waals surface area contributed by atoms with E-state index in [0.717, 1.165) is 43.0 Å². The third-order valence-corrected chi connectivity index (χ3v) is 7.83. The lowest BCUT2D eigenvalue weighted by atomic mass is 9.90. The lowest BCUT2D eigenvalue weighted by molar-refractivity contribution is 0.437.